The Balaban J connectivity index is 0.000000246. The van der Waals surface area contributed by atoms with E-state index < -0.39 is 32.2 Å². The van der Waals surface area contributed by atoms with Gasteiger partial charge in [0.15, 0.2) is 6.29 Å². The summed E-state index contributed by atoms with van der Waals surface area (Å²) in [7, 11) is -4.34. The summed E-state index contributed by atoms with van der Waals surface area (Å²) in [5, 5.41) is 0. The molecule has 0 unspecified atom stereocenters. The number of hydrogen-bond acceptors (Lipinski definition) is 11. The molecule has 3 heterocycles. The Kier molecular flexibility index (Phi) is 14.1. The molecule has 0 atom stereocenters. The molecule has 0 aliphatic carbocycles. The number of carbonyl (C=O) groups is 1. The van der Waals surface area contributed by atoms with Crippen molar-refractivity contribution in [3.05, 3.63) is 94.8 Å². The smallest absolute Gasteiger partial charge is 0.239 e. The van der Waals surface area contributed by atoms with Gasteiger partial charge >= 0.3 is 0 Å². The predicted octanol–water partition coefficient (Wildman–Crippen LogP) is 6.20. The van der Waals surface area contributed by atoms with Gasteiger partial charge in [0.05, 0.1) is 48.5 Å². The molecule has 0 radical (unpaired) electrons. The van der Waals surface area contributed by atoms with Gasteiger partial charge in [-0.25, -0.2) is 54.2 Å². The number of allylic oxidation sites excluding steroid dienone is 1. The molecular weight excluding hydrogens is 755 g/mol. The molecule has 17 heteroatoms. The summed E-state index contributed by atoms with van der Waals surface area (Å²) in [6.45, 7) is 8.76. The number of rotatable bonds is 12. The molecule has 0 saturated carbocycles. The molecule has 1 aliphatic heterocycles. The van der Waals surface area contributed by atoms with Gasteiger partial charge in [0, 0.05) is 36.3 Å². The number of halogens is 2. The Morgan fingerprint density at radius 2 is 1.05 bits per heavy atom. The molecule has 0 spiro atoms. The second-order valence-corrected chi connectivity index (χ2v) is 17.1. The summed E-state index contributed by atoms with van der Waals surface area (Å²) in [4.78, 5) is 28.6. The van der Waals surface area contributed by atoms with E-state index in [1.165, 1.54) is 44.4 Å². The third-order valence-corrected chi connectivity index (χ3v) is 10.5. The lowest BCUT2D eigenvalue weighted by atomic mass is 9.98. The number of benzene rings is 2. The number of nitrogens with zero attached hydrogens (tertiary/aromatic N) is 6. The van der Waals surface area contributed by atoms with Crippen molar-refractivity contribution >= 4 is 50.4 Å². The summed E-state index contributed by atoms with van der Waals surface area (Å²) in [5.41, 5.74) is 4.70. The molecule has 2 aromatic carbocycles. The zero-order chi connectivity index (χ0) is 40.7. The van der Waals surface area contributed by atoms with Crippen LogP contribution in [-0.4, -0.2) is 89.2 Å². The van der Waals surface area contributed by atoms with Crippen molar-refractivity contribution in [2.45, 2.75) is 45.8 Å². The van der Waals surface area contributed by atoms with Crippen LogP contribution in [0.4, 0.5) is 20.7 Å². The van der Waals surface area contributed by atoms with Crippen LogP contribution in [-0.2, 0) is 34.3 Å². The molecule has 1 fully saturated rings. The average Bonchev–Trinajstić information content (AvgIpc) is 3.66. The van der Waals surface area contributed by atoms with Crippen LogP contribution in [0.5, 0.6) is 0 Å². The molecule has 294 valence electrons. The Labute approximate surface area is 320 Å². The molecule has 4 aromatic rings. The fraction of sp³-hybridized carbons (Fsp3) is 0.342. The van der Waals surface area contributed by atoms with Crippen LogP contribution < -0.4 is 8.61 Å². The van der Waals surface area contributed by atoms with Gasteiger partial charge in [-0.05, 0) is 84.7 Å². The first-order valence-electron chi connectivity index (χ1n) is 17.1. The standard InChI is InChI=1S/C20H24FN3O4S.C18H20FN3O3S/c1-13(2)18-16(9-10-17-27-11-12-28-17)19(14-5-7-15(21)8-6-14)23-20(22-18)24(3)29(4,25)26;1-12(2)16-15(6-5-11-23)17(13-7-9-14(19)10-8-13)21-18(20-16)22(3)26(4,24)25/h5-10,13,17H,11-12H2,1-4H3;5-12H,1-4H3/b10-9+;6-5+. The minimum Gasteiger partial charge on any atom is -0.347 e. The maximum atomic E-state index is 13.5. The SMILES string of the molecule is CC(C)c1nc(N(C)S(C)(=O)=O)nc(-c2ccc(F)cc2)c1/C=C/C1OCCO1.CC(C)c1nc(N(C)S(C)(=O)=O)nc(-c2ccc(F)cc2)c1/C=C/C=O. The van der Waals surface area contributed by atoms with E-state index in [0.29, 0.717) is 64.5 Å². The summed E-state index contributed by atoms with van der Waals surface area (Å²) in [6.07, 6.45) is 8.79. The molecule has 1 saturated heterocycles. The zero-order valence-corrected chi connectivity index (χ0v) is 33.4. The Morgan fingerprint density at radius 1 is 0.673 bits per heavy atom. The van der Waals surface area contributed by atoms with Crippen molar-refractivity contribution in [3.63, 3.8) is 0 Å². The number of carbonyl (C=O) groups excluding carboxylic acids is 1. The normalized spacial score (nSPS) is 13.8. The largest absolute Gasteiger partial charge is 0.347 e. The van der Waals surface area contributed by atoms with E-state index in [0.717, 1.165) is 21.1 Å². The first-order chi connectivity index (χ1) is 25.8. The number of anilines is 2. The molecule has 5 rings (SSSR count). The molecule has 1 aliphatic rings. The maximum Gasteiger partial charge on any atom is 0.239 e. The molecule has 0 bridgehead atoms. The zero-order valence-electron chi connectivity index (χ0n) is 31.8. The van der Waals surface area contributed by atoms with Crippen LogP contribution in [0.15, 0.2) is 60.7 Å². The van der Waals surface area contributed by atoms with E-state index >= 15 is 0 Å². The van der Waals surface area contributed by atoms with Crippen LogP contribution >= 0.6 is 0 Å². The molecular formula is C38H44F2N6O7S2. The van der Waals surface area contributed by atoms with Crippen molar-refractivity contribution in [1.82, 2.24) is 19.9 Å². The quantitative estimate of drug-likeness (QED) is 0.119. The van der Waals surface area contributed by atoms with Crippen molar-refractivity contribution in [2.24, 2.45) is 0 Å². The lowest BCUT2D eigenvalue weighted by molar-refractivity contribution is -0.104. The number of hydrogen-bond donors (Lipinski definition) is 0. The highest BCUT2D eigenvalue weighted by Gasteiger charge is 2.24. The summed E-state index contributed by atoms with van der Waals surface area (Å²) in [5.74, 6) is -0.778. The summed E-state index contributed by atoms with van der Waals surface area (Å²) >= 11 is 0. The van der Waals surface area contributed by atoms with Crippen LogP contribution in [0.1, 0.15) is 62.0 Å². The topological polar surface area (TPSA) is 162 Å². The lowest BCUT2D eigenvalue weighted by Gasteiger charge is -2.20. The minimum atomic E-state index is -3.56. The van der Waals surface area contributed by atoms with E-state index in [4.69, 9.17) is 9.47 Å². The monoisotopic (exact) mass is 798 g/mol. The van der Waals surface area contributed by atoms with Crippen LogP contribution in [0.2, 0.25) is 0 Å². The van der Waals surface area contributed by atoms with Crippen LogP contribution in [0.25, 0.3) is 34.7 Å². The molecule has 2 aromatic heterocycles. The predicted molar refractivity (Wildman–Crippen MR) is 209 cm³/mol. The second kappa shape index (κ2) is 18.1. The first-order valence-corrected chi connectivity index (χ1v) is 20.8. The fourth-order valence-electron chi connectivity index (χ4n) is 5.19. The van der Waals surface area contributed by atoms with E-state index in [-0.39, 0.29) is 29.5 Å². The van der Waals surface area contributed by atoms with Gasteiger partial charge in [0.25, 0.3) is 0 Å². The second-order valence-electron chi connectivity index (χ2n) is 13.1. The molecule has 0 amide bonds. The van der Waals surface area contributed by atoms with Crippen molar-refractivity contribution in [2.75, 3.05) is 48.4 Å². The molecule has 0 N–H and O–H groups in total. The van der Waals surface area contributed by atoms with Gasteiger partial charge in [0.2, 0.25) is 31.9 Å². The van der Waals surface area contributed by atoms with Crippen molar-refractivity contribution in [1.29, 1.82) is 0 Å². The van der Waals surface area contributed by atoms with E-state index in [1.807, 2.05) is 33.8 Å². The average molecular weight is 799 g/mol. The maximum absolute atomic E-state index is 13.5. The third-order valence-electron chi connectivity index (χ3n) is 8.22. The van der Waals surface area contributed by atoms with Crippen LogP contribution in [0.3, 0.4) is 0 Å². The van der Waals surface area contributed by atoms with Gasteiger partial charge < -0.3 is 9.47 Å². The van der Waals surface area contributed by atoms with E-state index in [2.05, 4.69) is 19.9 Å². The fourth-order valence-corrected chi connectivity index (χ4v) is 5.95. The number of ether oxygens (including phenoxy) is 2. The van der Waals surface area contributed by atoms with Gasteiger partial charge in [0.1, 0.15) is 17.9 Å². The Bertz CT molecular complexity index is 2260. The highest BCUT2D eigenvalue weighted by atomic mass is 32.2. The number of aromatic nitrogens is 4. The van der Waals surface area contributed by atoms with Gasteiger partial charge in [-0.2, -0.15) is 0 Å². The molecule has 55 heavy (non-hydrogen) atoms. The lowest BCUT2D eigenvalue weighted by Crippen LogP contribution is -2.27. The van der Waals surface area contributed by atoms with Crippen molar-refractivity contribution in [3.8, 4) is 22.5 Å². The summed E-state index contributed by atoms with van der Waals surface area (Å²) < 4.78 is 87.6. The summed E-state index contributed by atoms with van der Waals surface area (Å²) in [6, 6.07) is 11.6. The first kappa shape index (κ1) is 42.8. The number of aldehydes is 1. The van der Waals surface area contributed by atoms with Gasteiger partial charge in [-0.1, -0.05) is 27.7 Å². The van der Waals surface area contributed by atoms with E-state index in [1.54, 1.807) is 36.4 Å². The van der Waals surface area contributed by atoms with Crippen molar-refractivity contribution < 1.29 is 39.9 Å². The highest BCUT2D eigenvalue weighted by molar-refractivity contribution is 7.92. The van der Waals surface area contributed by atoms with Crippen LogP contribution in [0, 0.1) is 11.6 Å². The third kappa shape index (κ3) is 11.1. The Hall–Kier alpha value is -4.97. The number of sulfonamides is 2. The Morgan fingerprint density at radius 3 is 1.40 bits per heavy atom. The minimum absolute atomic E-state index is 0.0128. The van der Waals surface area contributed by atoms with E-state index in [9.17, 15) is 30.4 Å². The highest BCUT2D eigenvalue weighted by Crippen LogP contribution is 2.33. The van der Waals surface area contributed by atoms with Gasteiger partial charge in [-0.3, -0.25) is 4.79 Å². The molecule has 13 nitrogen and oxygen atoms in total. The van der Waals surface area contributed by atoms with Gasteiger partial charge in [-0.15, -0.1) is 0 Å².